The largest absolute Gasteiger partial charge is 0.466 e. The van der Waals surface area contributed by atoms with Gasteiger partial charge < -0.3 is 9.47 Å². The van der Waals surface area contributed by atoms with Crippen LogP contribution in [0.1, 0.15) is 18.1 Å². The summed E-state index contributed by atoms with van der Waals surface area (Å²) in [5, 5.41) is 9.00. The highest BCUT2D eigenvalue weighted by Gasteiger charge is 2.16. The first-order valence-corrected chi connectivity index (χ1v) is 6.38. The van der Waals surface area contributed by atoms with E-state index in [4.69, 9.17) is 10.00 Å². The first kappa shape index (κ1) is 15.6. The molecule has 0 unspecified atom stereocenters. The highest BCUT2D eigenvalue weighted by atomic mass is 127. The highest BCUT2D eigenvalue weighted by Crippen LogP contribution is 2.25. The summed E-state index contributed by atoms with van der Waals surface area (Å²) < 4.78 is 33.8. The maximum atomic E-state index is 12.1. The van der Waals surface area contributed by atoms with Crippen LogP contribution in [0.2, 0.25) is 0 Å². The Labute approximate surface area is 122 Å². The summed E-state index contributed by atoms with van der Waals surface area (Å²) in [5.74, 6) is -0.581. The molecule has 0 radical (unpaired) electrons. The van der Waals surface area contributed by atoms with E-state index in [9.17, 15) is 13.6 Å². The van der Waals surface area contributed by atoms with Crippen molar-refractivity contribution >= 4 is 28.6 Å². The Morgan fingerprint density at radius 3 is 2.74 bits per heavy atom. The van der Waals surface area contributed by atoms with Gasteiger partial charge in [0.2, 0.25) is 0 Å². The number of halogens is 3. The Kier molecular flexibility index (Phi) is 5.95. The van der Waals surface area contributed by atoms with Crippen LogP contribution >= 0.6 is 22.6 Å². The molecule has 0 atom stereocenters. The molecule has 0 heterocycles. The van der Waals surface area contributed by atoms with Crippen LogP contribution in [0.5, 0.6) is 5.75 Å². The fourth-order valence-electron chi connectivity index (χ4n) is 1.42. The van der Waals surface area contributed by atoms with E-state index in [1.165, 1.54) is 12.1 Å². The van der Waals surface area contributed by atoms with Crippen molar-refractivity contribution in [3.8, 4) is 11.8 Å². The molecule has 0 saturated heterocycles. The number of alkyl halides is 2. The number of hydrogen-bond acceptors (Lipinski definition) is 4. The third-order valence-electron chi connectivity index (χ3n) is 2.14. The number of nitriles is 1. The van der Waals surface area contributed by atoms with Gasteiger partial charge in [-0.2, -0.15) is 14.0 Å². The van der Waals surface area contributed by atoms with E-state index >= 15 is 0 Å². The number of esters is 1. The molecule has 7 heteroatoms. The van der Waals surface area contributed by atoms with Crippen molar-refractivity contribution in [2.45, 2.75) is 20.0 Å². The molecule has 0 aliphatic heterocycles. The number of nitrogens with zero attached hydrogens (tertiary/aromatic N) is 1. The van der Waals surface area contributed by atoms with Crippen LogP contribution in [0.3, 0.4) is 0 Å². The number of hydrogen-bond donors (Lipinski definition) is 0. The minimum absolute atomic E-state index is 0.0794. The van der Waals surface area contributed by atoms with Crippen LogP contribution in [0, 0.1) is 14.9 Å². The van der Waals surface area contributed by atoms with Gasteiger partial charge in [-0.1, -0.05) is 0 Å². The minimum Gasteiger partial charge on any atom is -0.466 e. The lowest BCUT2D eigenvalue weighted by Gasteiger charge is -2.10. The van der Waals surface area contributed by atoms with Gasteiger partial charge in [0, 0.05) is 3.57 Å². The molecule has 0 spiro atoms. The predicted octanol–water partition coefficient (Wildman–Crippen LogP) is 2.87. The maximum Gasteiger partial charge on any atom is 0.387 e. The molecule has 0 N–H and O–H groups in total. The quantitative estimate of drug-likeness (QED) is 0.582. The molecule has 0 aliphatic rings. The average Bonchev–Trinajstić information content (AvgIpc) is 2.31. The number of ether oxygens (including phenoxy) is 2. The molecule has 0 fully saturated rings. The van der Waals surface area contributed by atoms with Crippen LogP contribution in [0.25, 0.3) is 0 Å². The van der Waals surface area contributed by atoms with Crippen LogP contribution in [-0.2, 0) is 16.0 Å². The van der Waals surface area contributed by atoms with Crippen LogP contribution in [-0.4, -0.2) is 19.2 Å². The van der Waals surface area contributed by atoms with E-state index < -0.39 is 12.6 Å². The molecule has 1 rings (SSSR count). The lowest BCUT2D eigenvalue weighted by molar-refractivity contribution is -0.142. The van der Waals surface area contributed by atoms with Gasteiger partial charge in [-0.3, -0.25) is 4.79 Å². The van der Waals surface area contributed by atoms with Crippen LogP contribution in [0.4, 0.5) is 8.78 Å². The zero-order valence-corrected chi connectivity index (χ0v) is 12.1. The Bertz CT molecular complexity index is 514. The fourth-order valence-corrected chi connectivity index (χ4v) is 2.21. The minimum atomic E-state index is -2.96. The molecular weight excluding hydrogens is 371 g/mol. The number of carbonyl (C=O) groups is 1. The van der Waals surface area contributed by atoms with Crippen molar-refractivity contribution in [3.05, 3.63) is 26.8 Å². The zero-order valence-electron chi connectivity index (χ0n) is 9.95. The van der Waals surface area contributed by atoms with Gasteiger partial charge in [0.1, 0.15) is 5.75 Å². The number of carbonyl (C=O) groups excluding carboxylic acids is 1. The first-order valence-electron chi connectivity index (χ1n) is 5.30. The van der Waals surface area contributed by atoms with Crippen molar-refractivity contribution in [3.63, 3.8) is 0 Å². The number of rotatable bonds is 5. The lowest BCUT2D eigenvalue weighted by Crippen LogP contribution is -2.11. The Hall–Kier alpha value is -1.43. The summed E-state index contributed by atoms with van der Waals surface area (Å²) in [7, 11) is 0. The lowest BCUT2D eigenvalue weighted by atomic mass is 10.1. The molecule has 19 heavy (non-hydrogen) atoms. The Balaban J connectivity index is 3.05. The molecule has 4 nitrogen and oxygen atoms in total. The third kappa shape index (κ3) is 4.63. The van der Waals surface area contributed by atoms with E-state index in [1.54, 1.807) is 6.92 Å². The van der Waals surface area contributed by atoms with Gasteiger partial charge in [-0.25, -0.2) is 0 Å². The molecule has 0 aliphatic carbocycles. The smallest absolute Gasteiger partial charge is 0.387 e. The second kappa shape index (κ2) is 7.23. The van der Waals surface area contributed by atoms with Crippen molar-refractivity contribution in [2.24, 2.45) is 0 Å². The highest BCUT2D eigenvalue weighted by molar-refractivity contribution is 14.1. The van der Waals surface area contributed by atoms with E-state index in [2.05, 4.69) is 4.74 Å². The van der Waals surface area contributed by atoms with Crippen molar-refractivity contribution in [1.82, 2.24) is 0 Å². The van der Waals surface area contributed by atoms with Gasteiger partial charge in [0.15, 0.2) is 0 Å². The van der Waals surface area contributed by atoms with Gasteiger partial charge in [0.25, 0.3) is 0 Å². The molecule has 0 amide bonds. The molecule has 0 aromatic heterocycles. The maximum absolute atomic E-state index is 12.1. The Morgan fingerprint density at radius 2 is 2.21 bits per heavy atom. The molecule has 1 aromatic rings. The normalized spacial score (nSPS) is 10.1. The second-order valence-electron chi connectivity index (χ2n) is 3.40. The summed E-state index contributed by atoms with van der Waals surface area (Å²) in [5.41, 5.74) is 0.568. The summed E-state index contributed by atoms with van der Waals surface area (Å²) in [4.78, 5) is 11.4. The summed E-state index contributed by atoms with van der Waals surface area (Å²) in [6, 6.07) is 4.39. The number of benzene rings is 1. The van der Waals surface area contributed by atoms with Crippen molar-refractivity contribution in [1.29, 1.82) is 5.26 Å². The van der Waals surface area contributed by atoms with Crippen LogP contribution < -0.4 is 4.74 Å². The third-order valence-corrected chi connectivity index (χ3v) is 3.10. The molecule has 0 bridgehead atoms. The fraction of sp³-hybridized carbons (Fsp3) is 0.333. The van der Waals surface area contributed by atoms with Crippen molar-refractivity contribution < 1.29 is 23.0 Å². The monoisotopic (exact) mass is 381 g/mol. The molecular formula is C12H10F2INO3. The zero-order chi connectivity index (χ0) is 14.4. The van der Waals surface area contributed by atoms with E-state index in [0.29, 0.717) is 9.13 Å². The Morgan fingerprint density at radius 1 is 1.53 bits per heavy atom. The van der Waals surface area contributed by atoms with E-state index in [0.717, 1.165) is 0 Å². The van der Waals surface area contributed by atoms with Gasteiger partial charge in [0.05, 0.1) is 24.7 Å². The second-order valence-corrected chi connectivity index (χ2v) is 4.57. The molecule has 102 valence electrons. The average molecular weight is 381 g/mol. The van der Waals surface area contributed by atoms with E-state index in [1.807, 2.05) is 28.7 Å². The SMILES string of the molecule is CCOC(=O)Cc1c(I)cc(OC(F)F)cc1C#N. The van der Waals surface area contributed by atoms with Gasteiger partial charge in [-0.15, -0.1) is 0 Å². The van der Waals surface area contributed by atoms with Crippen LogP contribution in [0.15, 0.2) is 12.1 Å². The molecule has 1 aromatic carbocycles. The van der Waals surface area contributed by atoms with Gasteiger partial charge in [-0.05, 0) is 47.2 Å². The summed E-state index contributed by atoms with van der Waals surface area (Å²) in [6.07, 6.45) is -0.0794. The van der Waals surface area contributed by atoms with Crippen molar-refractivity contribution in [2.75, 3.05) is 6.61 Å². The predicted molar refractivity (Wildman–Crippen MR) is 70.8 cm³/mol. The van der Waals surface area contributed by atoms with Gasteiger partial charge >= 0.3 is 12.6 Å². The summed E-state index contributed by atoms with van der Waals surface area (Å²) in [6.45, 7) is -1.05. The first-order chi connectivity index (χ1) is 8.97. The van der Waals surface area contributed by atoms with E-state index in [-0.39, 0.29) is 24.3 Å². The molecule has 0 saturated carbocycles. The summed E-state index contributed by atoms with van der Waals surface area (Å²) >= 11 is 1.86. The topological polar surface area (TPSA) is 59.3 Å². The standard InChI is InChI=1S/C12H10F2INO3/c1-2-18-11(17)5-9-7(6-16)3-8(4-10(9)15)19-12(13)14/h3-4,12H,2,5H2,1H3.